The van der Waals surface area contributed by atoms with Crippen LogP contribution in [0.15, 0.2) is 36.4 Å². The first-order valence-electron chi connectivity index (χ1n) is 7.37. The van der Waals surface area contributed by atoms with Crippen LogP contribution in [-0.4, -0.2) is 8.42 Å². The summed E-state index contributed by atoms with van der Waals surface area (Å²) in [7, 11) is -3.45. The van der Waals surface area contributed by atoms with Gasteiger partial charge in [0.1, 0.15) is 0 Å². The van der Waals surface area contributed by atoms with E-state index in [-0.39, 0.29) is 11.8 Å². The van der Waals surface area contributed by atoms with E-state index in [4.69, 9.17) is 23.2 Å². The largest absolute Gasteiger partial charge is 0.216 e. The minimum atomic E-state index is -3.45. The topological polar surface area (TPSA) is 46.2 Å². The molecule has 2 aromatic rings. The van der Waals surface area contributed by atoms with Crippen molar-refractivity contribution in [3.05, 3.63) is 68.7 Å². The van der Waals surface area contributed by atoms with Crippen molar-refractivity contribution < 1.29 is 8.42 Å². The summed E-state index contributed by atoms with van der Waals surface area (Å²) >= 11 is 11.8. The van der Waals surface area contributed by atoms with Crippen LogP contribution in [0.4, 0.5) is 0 Å². The quantitative estimate of drug-likeness (QED) is 0.867. The van der Waals surface area contributed by atoms with E-state index < -0.39 is 10.0 Å². The zero-order valence-corrected chi connectivity index (χ0v) is 15.0. The lowest BCUT2D eigenvalue weighted by Gasteiger charge is -2.15. The molecule has 23 heavy (non-hydrogen) atoms. The standard InChI is InChI=1S/C17H17Cl2NO2S/c1-11-2-5-14-13(8-11)4-7-17(14)20-23(21,22)10-12-3-6-15(18)16(19)9-12/h2-3,5-6,8-9,17,20H,4,7,10H2,1H3. The van der Waals surface area contributed by atoms with Crippen LogP contribution < -0.4 is 4.72 Å². The first-order valence-corrected chi connectivity index (χ1v) is 9.78. The van der Waals surface area contributed by atoms with Crippen molar-refractivity contribution in [1.82, 2.24) is 4.72 Å². The molecule has 6 heteroatoms. The smallest absolute Gasteiger partial charge is 0.212 e. The number of aryl methyl sites for hydroxylation is 2. The van der Waals surface area contributed by atoms with E-state index in [0.29, 0.717) is 15.6 Å². The van der Waals surface area contributed by atoms with Gasteiger partial charge < -0.3 is 0 Å². The zero-order valence-electron chi connectivity index (χ0n) is 12.6. The Hall–Kier alpha value is -1.07. The van der Waals surface area contributed by atoms with E-state index in [0.717, 1.165) is 18.4 Å². The average molecular weight is 370 g/mol. The zero-order chi connectivity index (χ0) is 16.6. The van der Waals surface area contributed by atoms with E-state index in [1.165, 1.54) is 11.1 Å². The lowest BCUT2D eigenvalue weighted by atomic mass is 10.1. The number of benzene rings is 2. The summed E-state index contributed by atoms with van der Waals surface area (Å²) in [5.74, 6) is -0.110. The summed E-state index contributed by atoms with van der Waals surface area (Å²) < 4.78 is 27.7. The number of hydrogen-bond donors (Lipinski definition) is 1. The second kappa shape index (κ2) is 6.44. The van der Waals surface area contributed by atoms with Crippen molar-refractivity contribution in [3.63, 3.8) is 0 Å². The Balaban J connectivity index is 1.76. The molecule has 0 aliphatic heterocycles. The normalized spacial score (nSPS) is 17.3. The molecule has 0 amide bonds. The monoisotopic (exact) mass is 369 g/mol. The van der Waals surface area contributed by atoms with Crippen molar-refractivity contribution >= 4 is 33.2 Å². The van der Waals surface area contributed by atoms with Gasteiger partial charge in [0.05, 0.1) is 15.8 Å². The molecule has 1 aliphatic carbocycles. The lowest BCUT2D eigenvalue weighted by Crippen LogP contribution is -2.28. The van der Waals surface area contributed by atoms with Gasteiger partial charge in [-0.15, -0.1) is 0 Å². The van der Waals surface area contributed by atoms with Gasteiger partial charge >= 0.3 is 0 Å². The Kier molecular flexibility index (Phi) is 4.70. The molecule has 0 bridgehead atoms. The predicted molar refractivity (Wildman–Crippen MR) is 94.5 cm³/mol. The van der Waals surface area contributed by atoms with Gasteiger partial charge in [-0.1, -0.05) is 53.0 Å². The highest BCUT2D eigenvalue weighted by atomic mass is 35.5. The van der Waals surface area contributed by atoms with Crippen molar-refractivity contribution in [2.24, 2.45) is 0 Å². The SMILES string of the molecule is Cc1ccc2c(c1)CCC2NS(=O)(=O)Cc1ccc(Cl)c(Cl)c1. The van der Waals surface area contributed by atoms with E-state index >= 15 is 0 Å². The van der Waals surface area contributed by atoms with Crippen molar-refractivity contribution in [2.45, 2.75) is 31.6 Å². The molecule has 2 aromatic carbocycles. The van der Waals surface area contributed by atoms with E-state index in [1.807, 2.05) is 19.1 Å². The highest BCUT2D eigenvalue weighted by molar-refractivity contribution is 7.88. The molecule has 0 aromatic heterocycles. The van der Waals surface area contributed by atoms with Gasteiger partial charge in [-0.3, -0.25) is 0 Å². The van der Waals surface area contributed by atoms with E-state index in [2.05, 4.69) is 10.8 Å². The minimum absolute atomic E-state index is 0.110. The van der Waals surface area contributed by atoms with Crippen molar-refractivity contribution in [3.8, 4) is 0 Å². The summed E-state index contributed by atoms with van der Waals surface area (Å²) in [6.07, 6.45) is 1.69. The maximum atomic E-state index is 12.4. The maximum absolute atomic E-state index is 12.4. The third kappa shape index (κ3) is 3.89. The Bertz CT molecular complexity index is 850. The lowest BCUT2D eigenvalue weighted by molar-refractivity contribution is 0.553. The molecule has 0 fully saturated rings. The van der Waals surface area contributed by atoms with Gasteiger partial charge in [0.15, 0.2) is 0 Å². The van der Waals surface area contributed by atoms with Crippen LogP contribution in [0, 0.1) is 6.92 Å². The highest BCUT2D eigenvalue weighted by Crippen LogP contribution is 2.32. The molecule has 1 N–H and O–H groups in total. The molecule has 3 rings (SSSR count). The Morgan fingerprint density at radius 2 is 1.91 bits per heavy atom. The summed E-state index contributed by atoms with van der Waals surface area (Å²) in [5, 5.41) is 0.780. The third-order valence-electron chi connectivity index (χ3n) is 4.04. The number of halogens is 2. The summed E-state index contributed by atoms with van der Waals surface area (Å²) in [4.78, 5) is 0. The molecule has 0 heterocycles. The predicted octanol–water partition coefficient (Wildman–Crippen LogP) is 4.41. The molecule has 0 radical (unpaired) electrons. The van der Waals surface area contributed by atoms with Gasteiger partial charge in [-0.25, -0.2) is 13.1 Å². The van der Waals surface area contributed by atoms with Crippen LogP contribution in [-0.2, 0) is 22.2 Å². The second-order valence-electron chi connectivity index (χ2n) is 5.92. The molecule has 0 saturated heterocycles. The first kappa shape index (κ1) is 16.8. The number of rotatable bonds is 4. The molecule has 0 spiro atoms. The first-order chi connectivity index (χ1) is 10.8. The summed E-state index contributed by atoms with van der Waals surface area (Å²) in [5.41, 5.74) is 4.12. The van der Waals surface area contributed by atoms with Gasteiger partial charge in [-0.05, 0) is 48.6 Å². The Morgan fingerprint density at radius 1 is 1.13 bits per heavy atom. The Morgan fingerprint density at radius 3 is 2.65 bits per heavy atom. The molecule has 122 valence electrons. The summed E-state index contributed by atoms with van der Waals surface area (Å²) in [6, 6.07) is 10.9. The van der Waals surface area contributed by atoms with Crippen molar-refractivity contribution in [1.29, 1.82) is 0 Å². The second-order valence-corrected chi connectivity index (χ2v) is 8.49. The van der Waals surface area contributed by atoms with Crippen LogP contribution in [0.3, 0.4) is 0 Å². The fourth-order valence-corrected chi connectivity index (χ4v) is 4.68. The highest BCUT2D eigenvalue weighted by Gasteiger charge is 2.26. The molecule has 1 unspecified atom stereocenters. The van der Waals surface area contributed by atoms with Crippen LogP contribution >= 0.6 is 23.2 Å². The number of sulfonamides is 1. The Labute approximate surface area is 146 Å². The van der Waals surface area contributed by atoms with E-state index in [9.17, 15) is 8.42 Å². The molecule has 0 saturated carbocycles. The number of hydrogen-bond acceptors (Lipinski definition) is 2. The van der Waals surface area contributed by atoms with Crippen LogP contribution in [0.5, 0.6) is 0 Å². The minimum Gasteiger partial charge on any atom is -0.212 e. The van der Waals surface area contributed by atoms with Crippen molar-refractivity contribution in [2.75, 3.05) is 0 Å². The van der Waals surface area contributed by atoms with Gasteiger partial charge in [0.2, 0.25) is 10.0 Å². The van der Waals surface area contributed by atoms with Gasteiger partial charge in [0.25, 0.3) is 0 Å². The molecular formula is C17H17Cl2NO2S. The van der Waals surface area contributed by atoms with Crippen LogP contribution in [0.1, 0.15) is 34.7 Å². The fourth-order valence-electron chi connectivity index (χ4n) is 2.98. The van der Waals surface area contributed by atoms with Crippen LogP contribution in [0.25, 0.3) is 0 Å². The average Bonchev–Trinajstić information content (AvgIpc) is 2.84. The number of fused-ring (bicyclic) bond motifs is 1. The fraction of sp³-hybridized carbons (Fsp3) is 0.294. The molecule has 1 aliphatic rings. The molecule has 1 atom stereocenters. The number of nitrogens with one attached hydrogen (secondary N) is 1. The van der Waals surface area contributed by atoms with E-state index in [1.54, 1.807) is 18.2 Å². The van der Waals surface area contributed by atoms with Gasteiger partial charge in [0, 0.05) is 6.04 Å². The molecular weight excluding hydrogens is 353 g/mol. The van der Waals surface area contributed by atoms with Gasteiger partial charge in [-0.2, -0.15) is 0 Å². The third-order valence-corrected chi connectivity index (χ3v) is 6.13. The van der Waals surface area contributed by atoms with Crippen LogP contribution in [0.2, 0.25) is 10.0 Å². The maximum Gasteiger partial charge on any atom is 0.216 e. The molecule has 3 nitrogen and oxygen atoms in total. The summed E-state index contributed by atoms with van der Waals surface area (Å²) in [6.45, 7) is 2.04.